The molecule has 0 saturated heterocycles. The molecule has 0 amide bonds. The van der Waals surface area contributed by atoms with E-state index >= 15 is 0 Å². The number of aromatic nitrogens is 2. The first kappa shape index (κ1) is 11.0. The number of hydrogen-bond donors (Lipinski definition) is 2. The molecule has 2 aromatic rings. The highest BCUT2D eigenvalue weighted by molar-refractivity contribution is 5.85. The molecule has 2 N–H and O–H groups in total. The number of rotatable bonds is 2. The summed E-state index contributed by atoms with van der Waals surface area (Å²) >= 11 is 0. The summed E-state index contributed by atoms with van der Waals surface area (Å²) in [5.74, 6) is -0.739. The summed E-state index contributed by atoms with van der Waals surface area (Å²) in [6.45, 7) is 0. The molecule has 1 heterocycles. The van der Waals surface area contributed by atoms with Gasteiger partial charge in [-0.15, -0.1) is 0 Å². The van der Waals surface area contributed by atoms with E-state index in [1.54, 1.807) is 6.07 Å². The van der Waals surface area contributed by atoms with Gasteiger partial charge in [0, 0.05) is 11.6 Å². The minimum Gasteiger partial charge on any atom is -0.476 e. The number of aryl methyl sites for hydroxylation is 1. The van der Waals surface area contributed by atoms with Gasteiger partial charge in [0.05, 0.1) is 0 Å². The highest BCUT2D eigenvalue weighted by Crippen LogP contribution is 2.35. The molecule has 1 aliphatic rings. The predicted octanol–water partition coefficient (Wildman–Crippen LogP) is 2.58. The Kier molecular flexibility index (Phi) is 2.63. The van der Waals surface area contributed by atoms with Crippen molar-refractivity contribution in [3.05, 3.63) is 52.8 Å². The third-order valence-corrected chi connectivity index (χ3v) is 3.56. The fourth-order valence-electron chi connectivity index (χ4n) is 2.70. The molecule has 1 aromatic carbocycles. The molecule has 1 unspecified atom stereocenters. The number of nitrogens with one attached hydrogen (secondary N) is 1. The number of aromatic carboxylic acids is 1. The number of fused-ring (bicyclic) bond motifs is 1. The highest BCUT2D eigenvalue weighted by Gasteiger charge is 2.23. The molecule has 0 aliphatic heterocycles. The van der Waals surface area contributed by atoms with Crippen LogP contribution in [-0.4, -0.2) is 21.3 Å². The van der Waals surface area contributed by atoms with E-state index in [9.17, 15) is 4.79 Å². The molecular formula is C14H14N2O2. The molecule has 92 valence electrons. The molecular weight excluding hydrogens is 228 g/mol. The van der Waals surface area contributed by atoms with Crippen LogP contribution in [0, 0.1) is 0 Å². The van der Waals surface area contributed by atoms with Crippen LogP contribution in [-0.2, 0) is 6.42 Å². The van der Waals surface area contributed by atoms with Gasteiger partial charge in [0.2, 0.25) is 0 Å². The van der Waals surface area contributed by atoms with E-state index in [1.165, 1.54) is 11.1 Å². The molecule has 1 atom stereocenters. The highest BCUT2D eigenvalue weighted by atomic mass is 16.4. The lowest BCUT2D eigenvalue weighted by molar-refractivity contribution is 0.0690. The summed E-state index contributed by atoms with van der Waals surface area (Å²) in [7, 11) is 0. The summed E-state index contributed by atoms with van der Waals surface area (Å²) in [6, 6.07) is 10.0. The quantitative estimate of drug-likeness (QED) is 0.850. The van der Waals surface area contributed by atoms with Crippen molar-refractivity contribution in [1.29, 1.82) is 0 Å². The Morgan fingerprint density at radius 1 is 1.39 bits per heavy atom. The molecule has 1 aliphatic carbocycles. The number of carboxylic acid groups (broad SMARTS) is 1. The molecule has 0 fully saturated rings. The van der Waals surface area contributed by atoms with E-state index in [0.717, 1.165) is 25.0 Å². The number of H-pyrrole nitrogens is 1. The van der Waals surface area contributed by atoms with Crippen LogP contribution in [0.15, 0.2) is 30.3 Å². The Labute approximate surface area is 105 Å². The zero-order valence-corrected chi connectivity index (χ0v) is 9.89. The Hall–Kier alpha value is -2.10. The summed E-state index contributed by atoms with van der Waals surface area (Å²) < 4.78 is 0. The maximum absolute atomic E-state index is 10.9. The lowest BCUT2D eigenvalue weighted by Gasteiger charge is -2.24. The Morgan fingerprint density at radius 2 is 2.22 bits per heavy atom. The van der Waals surface area contributed by atoms with Crippen LogP contribution in [0.4, 0.5) is 0 Å². The van der Waals surface area contributed by atoms with Crippen LogP contribution in [0.5, 0.6) is 0 Å². The second-order valence-electron chi connectivity index (χ2n) is 4.66. The van der Waals surface area contributed by atoms with Gasteiger partial charge in [-0.1, -0.05) is 24.3 Å². The van der Waals surface area contributed by atoms with Crippen LogP contribution < -0.4 is 0 Å². The largest absolute Gasteiger partial charge is 0.476 e. The standard InChI is InChI=1S/C14H14N2O2/c17-14(18)13-8-12(15-16-13)11-7-3-5-9-4-1-2-6-10(9)11/h1-2,4,6,8,11H,3,5,7H2,(H,15,16)(H,17,18). The smallest absolute Gasteiger partial charge is 0.356 e. The fourth-order valence-corrected chi connectivity index (χ4v) is 2.70. The van der Waals surface area contributed by atoms with E-state index < -0.39 is 5.97 Å². The van der Waals surface area contributed by atoms with Crippen molar-refractivity contribution in [3.8, 4) is 0 Å². The van der Waals surface area contributed by atoms with Crippen molar-refractivity contribution in [3.63, 3.8) is 0 Å². The van der Waals surface area contributed by atoms with Gasteiger partial charge in [-0.2, -0.15) is 5.10 Å². The number of nitrogens with zero attached hydrogens (tertiary/aromatic N) is 1. The van der Waals surface area contributed by atoms with Gasteiger partial charge in [0.1, 0.15) is 0 Å². The van der Waals surface area contributed by atoms with Gasteiger partial charge in [-0.05, 0) is 36.5 Å². The fraction of sp³-hybridized carbons (Fsp3) is 0.286. The molecule has 3 rings (SSSR count). The molecule has 4 nitrogen and oxygen atoms in total. The van der Waals surface area contributed by atoms with Gasteiger partial charge in [-0.25, -0.2) is 4.79 Å². The maximum Gasteiger partial charge on any atom is 0.356 e. The van der Waals surface area contributed by atoms with Gasteiger partial charge in [0.15, 0.2) is 5.69 Å². The molecule has 1 aromatic heterocycles. The number of benzene rings is 1. The Bertz CT molecular complexity index is 589. The molecule has 0 bridgehead atoms. The number of carbonyl (C=O) groups is 1. The van der Waals surface area contributed by atoms with Crippen LogP contribution in [0.3, 0.4) is 0 Å². The third kappa shape index (κ3) is 1.79. The molecule has 18 heavy (non-hydrogen) atoms. The van der Waals surface area contributed by atoms with E-state index in [0.29, 0.717) is 0 Å². The van der Waals surface area contributed by atoms with Crippen molar-refractivity contribution >= 4 is 5.97 Å². The van der Waals surface area contributed by atoms with Crippen LogP contribution in [0.25, 0.3) is 0 Å². The van der Waals surface area contributed by atoms with Gasteiger partial charge >= 0.3 is 5.97 Å². The summed E-state index contributed by atoms with van der Waals surface area (Å²) in [5.41, 5.74) is 3.65. The summed E-state index contributed by atoms with van der Waals surface area (Å²) in [5, 5.41) is 15.6. The number of aromatic amines is 1. The van der Waals surface area contributed by atoms with Gasteiger partial charge in [0.25, 0.3) is 0 Å². The van der Waals surface area contributed by atoms with Crippen LogP contribution in [0.1, 0.15) is 46.1 Å². The Morgan fingerprint density at radius 3 is 3.00 bits per heavy atom. The number of carboxylic acids is 1. The average molecular weight is 242 g/mol. The minimum atomic E-state index is -0.985. The minimum absolute atomic E-state index is 0.0908. The van der Waals surface area contributed by atoms with Crippen LogP contribution in [0.2, 0.25) is 0 Å². The molecule has 0 radical (unpaired) electrons. The first-order chi connectivity index (χ1) is 8.75. The number of hydrogen-bond acceptors (Lipinski definition) is 2. The molecule has 0 saturated carbocycles. The average Bonchev–Trinajstić information content (AvgIpc) is 2.87. The zero-order valence-electron chi connectivity index (χ0n) is 9.89. The second-order valence-corrected chi connectivity index (χ2v) is 4.66. The van der Waals surface area contributed by atoms with Crippen molar-refractivity contribution in [2.45, 2.75) is 25.2 Å². The monoisotopic (exact) mass is 242 g/mol. The van der Waals surface area contributed by atoms with E-state index in [4.69, 9.17) is 5.11 Å². The van der Waals surface area contributed by atoms with Crippen LogP contribution >= 0.6 is 0 Å². The maximum atomic E-state index is 10.9. The summed E-state index contributed by atoms with van der Waals surface area (Å²) in [4.78, 5) is 10.9. The van der Waals surface area contributed by atoms with Crippen molar-refractivity contribution in [2.75, 3.05) is 0 Å². The van der Waals surface area contributed by atoms with E-state index in [2.05, 4.69) is 28.4 Å². The van der Waals surface area contributed by atoms with E-state index in [1.807, 2.05) is 6.07 Å². The SMILES string of the molecule is O=C(O)c1cc(C2CCCc3ccccc32)[nH]n1. The first-order valence-corrected chi connectivity index (χ1v) is 6.12. The lowest BCUT2D eigenvalue weighted by Crippen LogP contribution is -2.11. The summed E-state index contributed by atoms with van der Waals surface area (Å²) in [6.07, 6.45) is 3.27. The normalized spacial score (nSPS) is 18.3. The van der Waals surface area contributed by atoms with Crippen molar-refractivity contribution in [2.24, 2.45) is 0 Å². The van der Waals surface area contributed by atoms with Crippen molar-refractivity contribution < 1.29 is 9.90 Å². The predicted molar refractivity (Wildman–Crippen MR) is 66.8 cm³/mol. The zero-order chi connectivity index (χ0) is 12.5. The van der Waals surface area contributed by atoms with E-state index in [-0.39, 0.29) is 11.6 Å². The first-order valence-electron chi connectivity index (χ1n) is 6.12. The Balaban J connectivity index is 2.00. The topological polar surface area (TPSA) is 66.0 Å². The third-order valence-electron chi connectivity index (χ3n) is 3.56. The van der Waals surface area contributed by atoms with Gasteiger partial charge in [-0.3, -0.25) is 5.10 Å². The lowest BCUT2D eigenvalue weighted by atomic mass is 9.81. The van der Waals surface area contributed by atoms with Crippen molar-refractivity contribution in [1.82, 2.24) is 10.2 Å². The van der Waals surface area contributed by atoms with Gasteiger partial charge < -0.3 is 5.11 Å². The second kappa shape index (κ2) is 4.29. The molecule has 0 spiro atoms. The molecule has 4 heteroatoms.